The molecule has 0 saturated carbocycles. The number of hydrogen-bond donors (Lipinski definition) is 2. The fraction of sp³-hybridized carbons (Fsp3) is 0.200. The summed E-state index contributed by atoms with van der Waals surface area (Å²) < 4.78 is 0. The number of fused-ring (bicyclic) bond motifs is 1. The molecule has 0 spiro atoms. The second kappa shape index (κ2) is 8.52. The molecule has 0 fully saturated rings. The number of hydrogen-bond acceptors (Lipinski definition) is 6. The zero-order valence-corrected chi connectivity index (χ0v) is 15.9. The number of nitrogens with zero attached hydrogens (tertiary/aromatic N) is 3. The first-order chi connectivity index (χ1) is 13.1. The lowest BCUT2D eigenvalue weighted by molar-refractivity contribution is -0.115. The molecule has 1 unspecified atom stereocenters. The van der Waals surface area contributed by atoms with E-state index >= 15 is 0 Å². The van der Waals surface area contributed by atoms with Gasteiger partial charge in [-0.25, -0.2) is 9.97 Å². The maximum absolute atomic E-state index is 12.5. The summed E-state index contributed by atoms with van der Waals surface area (Å²) in [5.74, 6) is 0.594. The van der Waals surface area contributed by atoms with Gasteiger partial charge in [0, 0.05) is 17.6 Å². The lowest BCUT2D eigenvalue weighted by Crippen LogP contribution is -2.22. The maximum atomic E-state index is 12.5. The molecule has 1 heterocycles. The largest absolute Gasteiger partial charge is 0.370 e. The Labute approximate surface area is 162 Å². The summed E-state index contributed by atoms with van der Waals surface area (Å²) in [7, 11) is 0. The van der Waals surface area contributed by atoms with E-state index in [2.05, 4.69) is 26.7 Å². The quantitative estimate of drug-likeness (QED) is 0.497. The zero-order chi connectivity index (χ0) is 19.2. The van der Waals surface area contributed by atoms with Crippen molar-refractivity contribution < 1.29 is 4.79 Å². The number of nitriles is 1. The Bertz CT molecular complexity index is 1010. The second-order valence-electron chi connectivity index (χ2n) is 5.84. The summed E-state index contributed by atoms with van der Waals surface area (Å²) in [5, 5.41) is 16.1. The van der Waals surface area contributed by atoms with E-state index in [1.807, 2.05) is 31.2 Å². The second-order valence-corrected chi connectivity index (χ2v) is 7.15. The van der Waals surface area contributed by atoms with Crippen molar-refractivity contribution in [2.24, 2.45) is 0 Å². The van der Waals surface area contributed by atoms with Gasteiger partial charge in [-0.3, -0.25) is 4.79 Å². The molecule has 136 valence electrons. The van der Waals surface area contributed by atoms with E-state index in [0.717, 1.165) is 23.3 Å². The highest BCUT2D eigenvalue weighted by Crippen LogP contribution is 2.27. The van der Waals surface area contributed by atoms with Gasteiger partial charge in [-0.2, -0.15) is 5.26 Å². The summed E-state index contributed by atoms with van der Waals surface area (Å²) in [5.41, 5.74) is 1.93. The van der Waals surface area contributed by atoms with Gasteiger partial charge >= 0.3 is 0 Å². The van der Waals surface area contributed by atoms with E-state index in [4.69, 9.17) is 5.26 Å². The predicted molar refractivity (Wildman–Crippen MR) is 109 cm³/mol. The highest BCUT2D eigenvalue weighted by atomic mass is 32.2. The van der Waals surface area contributed by atoms with Crippen molar-refractivity contribution in [1.29, 1.82) is 5.26 Å². The normalized spacial score (nSPS) is 11.6. The molecule has 3 rings (SSSR count). The minimum atomic E-state index is -0.397. The minimum absolute atomic E-state index is 0.170. The van der Waals surface area contributed by atoms with Crippen molar-refractivity contribution in [1.82, 2.24) is 9.97 Å². The Hall–Kier alpha value is -3.11. The summed E-state index contributed by atoms with van der Waals surface area (Å²) in [6, 6.07) is 16.7. The smallest absolute Gasteiger partial charge is 0.237 e. The van der Waals surface area contributed by atoms with Crippen molar-refractivity contribution in [2.45, 2.75) is 24.3 Å². The topological polar surface area (TPSA) is 90.7 Å². The SMILES string of the molecule is CCNc1nc(SC(C)C(=O)Nc2cccc(C#N)c2)nc2ccccc12. The van der Waals surface area contributed by atoms with Crippen LogP contribution < -0.4 is 10.6 Å². The highest BCUT2D eigenvalue weighted by Gasteiger charge is 2.18. The van der Waals surface area contributed by atoms with Crippen LogP contribution in [0.5, 0.6) is 0 Å². The zero-order valence-electron chi connectivity index (χ0n) is 15.1. The summed E-state index contributed by atoms with van der Waals surface area (Å²) in [6.45, 7) is 4.56. The van der Waals surface area contributed by atoms with Crippen LogP contribution in [-0.4, -0.2) is 27.7 Å². The van der Waals surface area contributed by atoms with Crippen molar-refractivity contribution in [3.05, 3.63) is 54.1 Å². The lowest BCUT2D eigenvalue weighted by Gasteiger charge is -2.13. The van der Waals surface area contributed by atoms with Crippen LogP contribution in [0, 0.1) is 11.3 Å². The molecule has 27 heavy (non-hydrogen) atoms. The number of aromatic nitrogens is 2. The van der Waals surface area contributed by atoms with Gasteiger partial charge in [0.15, 0.2) is 5.16 Å². The Balaban J connectivity index is 1.77. The van der Waals surface area contributed by atoms with Gasteiger partial charge in [-0.1, -0.05) is 30.0 Å². The maximum Gasteiger partial charge on any atom is 0.237 e. The number of rotatable bonds is 6. The number of carbonyl (C=O) groups excluding carboxylic acids is 1. The number of thioether (sulfide) groups is 1. The fourth-order valence-electron chi connectivity index (χ4n) is 2.53. The third-order valence-corrected chi connectivity index (χ3v) is 4.80. The summed E-state index contributed by atoms with van der Waals surface area (Å²) in [4.78, 5) is 21.6. The third kappa shape index (κ3) is 4.54. The van der Waals surface area contributed by atoms with Gasteiger partial charge < -0.3 is 10.6 Å². The molecule has 0 aliphatic carbocycles. The summed E-state index contributed by atoms with van der Waals surface area (Å²) >= 11 is 1.30. The number of benzene rings is 2. The average molecular weight is 377 g/mol. The molecule has 0 aliphatic heterocycles. The van der Waals surface area contributed by atoms with Crippen LogP contribution >= 0.6 is 11.8 Å². The molecule has 0 radical (unpaired) electrons. The van der Waals surface area contributed by atoms with Crippen molar-refractivity contribution >= 4 is 40.1 Å². The average Bonchev–Trinajstić information content (AvgIpc) is 2.68. The van der Waals surface area contributed by atoms with Gasteiger partial charge in [-0.15, -0.1) is 0 Å². The number of nitrogens with one attached hydrogen (secondary N) is 2. The lowest BCUT2D eigenvalue weighted by atomic mass is 10.2. The molecule has 3 aromatic rings. The van der Waals surface area contributed by atoms with Gasteiger partial charge in [0.2, 0.25) is 5.91 Å². The van der Waals surface area contributed by atoms with E-state index in [1.54, 1.807) is 31.2 Å². The van der Waals surface area contributed by atoms with Crippen LogP contribution in [0.2, 0.25) is 0 Å². The predicted octanol–water partition coefficient (Wildman–Crippen LogP) is 4.05. The van der Waals surface area contributed by atoms with Crippen LogP contribution in [-0.2, 0) is 4.79 Å². The van der Waals surface area contributed by atoms with Crippen LogP contribution in [0.3, 0.4) is 0 Å². The Morgan fingerprint density at radius 3 is 2.81 bits per heavy atom. The van der Waals surface area contributed by atoms with Crippen molar-refractivity contribution in [2.75, 3.05) is 17.2 Å². The molecule has 0 aliphatic rings. The van der Waals surface area contributed by atoms with Gasteiger partial charge in [0.05, 0.1) is 22.4 Å². The first-order valence-electron chi connectivity index (χ1n) is 8.59. The molecule has 1 amide bonds. The standard InChI is InChI=1S/C20H19N5OS/c1-3-22-18-16-9-4-5-10-17(16)24-20(25-18)27-13(2)19(26)23-15-8-6-7-14(11-15)12-21/h4-11,13H,3H2,1-2H3,(H,23,26)(H,22,24,25). The monoisotopic (exact) mass is 377 g/mol. The third-order valence-electron chi connectivity index (χ3n) is 3.84. The first kappa shape index (κ1) is 18.7. The van der Waals surface area contributed by atoms with Crippen molar-refractivity contribution in [3.8, 4) is 6.07 Å². The van der Waals surface area contributed by atoms with E-state index in [0.29, 0.717) is 16.4 Å². The Morgan fingerprint density at radius 2 is 2.04 bits per heavy atom. The van der Waals surface area contributed by atoms with E-state index in [-0.39, 0.29) is 5.91 Å². The molecular weight excluding hydrogens is 358 g/mol. The Morgan fingerprint density at radius 1 is 1.22 bits per heavy atom. The van der Waals surface area contributed by atoms with Crippen LogP contribution in [0.1, 0.15) is 19.4 Å². The van der Waals surface area contributed by atoms with Gasteiger partial charge in [0.25, 0.3) is 0 Å². The Kier molecular flexibility index (Phi) is 5.89. The number of amides is 1. The summed E-state index contributed by atoms with van der Waals surface area (Å²) in [6.07, 6.45) is 0. The molecule has 1 aromatic heterocycles. The minimum Gasteiger partial charge on any atom is -0.370 e. The molecule has 0 bridgehead atoms. The van der Waals surface area contributed by atoms with Gasteiger partial charge in [0.1, 0.15) is 5.82 Å². The number of para-hydroxylation sites is 1. The first-order valence-corrected chi connectivity index (χ1v) is 9.47. The molecule has 6 nitrogen and oxygen atoms in total. The molecule has 2 N–H and O–H groups in total. The fourth-order valence-corrected chi connectivity index (χ4v) is 3.31. The number of anilines is 2. The molecule has 1 atom stereocenters. The van der Waals surface area contributed by atoms with Crippen molar-refractivity contribution in [3.63, 3.8) is 0 Å². The number of carbonyl (C=O) groups is 1. The molecule has 7 heteroatoms. The van der Waals surface area contributed by atoms with Crippen LogP contribution in [0.4, 0.5) is 11.5 Å². The molecular formula is C20H19N5OS. The van der Waals surface area contributed by atoms with Crippen LogP contribution in [0.15, 0.2) is 53.7 Å². The molecule has 2 aromatic carbocycles. The van der Waals surface area contributed by atoms with Gasteiger partial charge in [-0.05, 0) is 44.2 Å². The van der Waals surface area contributed by atoms with E-state index < -0.39 is 5.25 Å². The molecule has 0 saturated heterocycles. The van der Waals surface area contributed by atoms with Crippen LogP contribution in [0.25, 0.3) is 10.9 Å². The van der Waals surface area contributed by atoms with E-state index in [9.17, 15) is 4.79 Å². The highest BCUT2D eigenvalue weighted by molar-refractivity contribution is 8.00. The van der Waals surface area contributed by atoms with E-state index in [1.165, 1.54) is 11.8 Å².